The molecule has 0 saturated heterocycles. The number of nitrogens with zero attached hydrogens (tertiary/aromatic N) is 1. The number of fused-ring (bicyclic) bond motifs is 8. The first-order valence-electron chi connectivity index (χ1n) is 17.7. The Kier molecular flexibility index (Phi) is 6.56. The standard InChI is InChI=1S/C49H35NO/c1-49(2)45-17-8-6-13-40(45)41-28-27-37(31-46(41)49)50(35-23-19-33(20-24-35)32-11-4-3-5-12-32)36-25-21-34(22-26-36)38-15-10-16-43-39(38)29-30-44-42-14-7-9-18-47(42)51-48(43)44/h3-31H,1-2H3. The van der Waals surface area contributed by atoms with Crippen molar-refractivity contribution in [2.24, 2.45) is 0 Å². The van der Waals surface area contributed by atoms with E-state index in [1.54, 1.807) is 0 Å². The number of hydrogen-bond acceptors (Lipinski definition) is 2. The van der Waals surface area contributed by atoms with Crippen LogP contribution in [0.25, 0.3) is 66.1 Å². The normalized spacial score (nSPS) is 13.1. The fourth-order valence-corrected chi connectivity index (χ4v) is 8.29. The van der Waals surface area contributed by atoms with Crippen LogP contribution in [0.4, 0.5) is 17.1 Å². The van der Waals surface area contributed by atoms with Gasteiger partial charge in [0.25, 0.3) is 0 Å². The summed E-state index contributed by atoms with van der Waals surface area (Å²) in [4.78, 5) is 2.39. The highest BCUT2D eigenvalue weighted by molar-refractivity contribution is 6.17. The summed E-state index contributed by atoms with van der Waals surface area (Å²) in [5.41, 5.74) is 15.3. The Hall–Kier alpha value is -6.38. The quantitative estimate of drug-likeness (QED) is 0.184. The minimum atomic E-state index is -0.0890. The first-order chi connectivity index (χ1) is 25.0. The molecule has 242 valence electrons. The molecule has 0 fully saturated rings. The van der Waals surface area contributed by atoms with E-state index in [4.69, 9.17) is 4.42 Å². The summed E-state index contributed by atoms with van der Waals surface area (Å²) in [5, 5.41) is 4.62. The zero-order chi connectivity index (χ0) is 34.1. The number of benzene rings is 8. The van der Waals surface area contributed by atoms with Crippen molar-refractivity contribution < 1.29 is 4.42 Å². The molecule has 0 radical (unpaired) electrons. The third kappa shape index (κ3) is 4.64. The summed E-state index contributed by atoms with van der Waals surface area (Å²) in [6, 6.07) is 63.6. The Bertz CT molecular complexity index is 2750. The van der Waals surface area contributed by atoms with Crippen molar-refractivity contribution >= 4 is 49.8 Å². The smallest absolute Gasteiger partial charge is 0.143 e. The molecule has 2 nitrogen and oxygen atoms in total. The molecule has 1 heterocycles. The van der Waals surface area contributed by atoms with Crippen molar-refractivity contribution in [3.8, 4) is 33.4 Å². The lowest BCUT2D eigenvalue weighted by atomic mass is 9.82. The lowest BCUT2D eigenvalue weighted by Crippen LogP contribution is -2.16. The SMILES string of the molecule is CC1(C)c2ccccc2-c2ccc(N(c3ccc(-c4ccccc4)cc3)c3ccc(-c4cccc5c4ccc4c6ccccc6oc54)cc3)cc21. The van der Waals surface area contributed by atoms with E-state index in [0.717, 1.165) is 44.4 Å². The van der Waals surface area contributed by atoms with Crippen LogP contribution < -0.4 is 4.90 Å². The van der Waals surface area contributed by atoms with Crippen LogP contribution in [0.15, 0.2) is 180 Å². The average molecular weight is 654 g/mol. The van der Waals surface area contributed by atoms with Gasteiger partial charge < -0.3 is 9.32 Å². The molecule has 0 N–H and O–H groups in total. The van der Waals surface area contributed by atoms with Crippen molar-refractivity contribution in [2.45, 2.75) is 19.3 Å². The minimum Gasteiger partial charge on any atom is -0.455 e. The van der Waals surface area contributed by atoms with Gasteiger partial charge in [0.05, 0.1) is 0 Å². The maximum atomic E-state index is 6.40. The predicted molar refractivity (Wildman–Crippen MR) is 214 cm³/mol. The summed E-state index contributed by atoms with van der Waals surface area (Å²) >= 11 is 0. The van der Waals surface area contributed by atoms with Crippen LogP contribution in [0.5, 0.6) is 0 Å². The third-order valence-corrected chi connectivity index (χ3v) is 10.9. The van der Waals surface area contributed by atoms with Crippen LogP contribution in [-0.2, 0) is 5.41 Å². The van der Waals surface area contributed by atoms with E-state index in [2.05, 4.69) is 183 Å². The lowest BCUT2D eigenvalue weighted by Gasteiger charge is -2.28. The van der Waals surface area contributed by atoms with Crippen LogP contribution in [0.3, 0.4) is 0 Å². The predicted octanol–water partition coefficient (Wildman–Crippen LogP) is 13.8. The van der Waals surface area contributed by atoms with E-state index < -0.39 is 0 Å². The zero-order valence-corrected chi connectivity index (χ0v) is 28.6. The van der Waals surface area contributed by atoms with Gasteiger partial charge >= 0.3 is 0 Å². The maximum Gasteiger partial charge on any atom is 0.143 e. The van der Waals surface area contributed by atoms with E-state index in [-0.39, 0.29) is 5.41 Å². The maximum absolute atomic E-state index is 6.40. The monoisotopic (exact) mass is 653 g/mol. The topological polar surface area (TPSA) is 16.4 Å². The van der Waals surface area contributed by atoms with E-state index in [0.29, 0.717) is 0 Å². The number of anilines is 3. The Morgan fingerprint density at radius 2 is 0.961 bits per heavy atom. The van der Waals surface area contributed by atoms with Crippen molar-refractivity contribution in [2.75, 3.05) is 4.90 Å². The van der Waals surface area contributed by atoms with E-state index in [1.807, 2.05) is 12.1 Å². The van der Waals surface area contributed by atoms with Crippen molar-refractivity contribution in [1.29, 1.82) is 0 Å². The van der Waals surface area contributed by atoms with Crippen LogP contribution in [-0.4, -0.2) is 0 Å². The molecule has 0 aliphatic heterocycles. The van der Waals surface area contributed by atoms with Gasteiger partial charge in [-0.05, 0) is 98.4 Å². The molecule has 0 saturated carbocycles. The van der Waals surface area contributed by atoms with Gasteiger partial charge in [-0.25, -0.2) is 0 Å². The Balaban J connectivity index is 1.09. The average Bonchev–Trinajstić information content (AvgIpc) is 3.68. The fraction of sp³-hybridized carbons (Fsp3) is 0.0612. The highest BCUT2D eigenvalue weighted by Crippen LogP contribution is 2.50. The molecule has 8 aromatic carbocycles. The largest absolute Gasteiger partial charge is 0.455 e. The summed E-state index contributed by atoms with van der Waals surface area (Å²) in [7, 11) is 0. The zero-order valence-electron chi connectivity index (χ0n) is 28.6. The third-order valence-electron chi connectivity index (χ3n) is 10.9. The van der Waals surface area contributed by atoms with Gasteiger partial charge in [-0.15, -0.1) is 0 Å². The van der Waals surface area contributed by atoms with Crippen molar-refractivity contribution in [1.82, 2.24) is 0 Å². The Labute approximate surface area is 297 Å². The molecular formula is C49H35NO. The van der Waals surface area contributed by atoms with Gasteiger partial charge in [-0.3, -0.25) is 0 Å². The van der Waals surface area contributed by atoms with Crippen molar-refractivity contribution in [3.05, 3.63) is 187 Å². The second kappa shape index (κ2) is 11.3. The highest BCUT2D eigenvalue weighted by Gasteiger charge is 2.35. The first-order valence-corrected chi connectivity index (χ1v) is 17.7. The molecule has 0 spiro atoms. The number of para-hydroxylation sites is 1. The molecule has 1 aliphatic rings. The molecule has 1 aromatic heterocycles. The van der Waals surface area contributed by atoms with E-state index in [9.17, 15) is 0 Å². The molecule has 0 bridgehead atoms. The molecule has 2 heteroatoms. The second-order valence-corrected chi connectivity index (χ2v) is 14.1. The molecular weight excluding hydrogens is 619 g/mol. The first kappa shape index (κ1) is 29.5. The fourth-order valence-electron chi connectivity index (χ4n) is 8.29. The van der Waals surface area contributed by atoms with Crippen LogP contribution in [0, 0.1) is 0 Å². The Morgan fingerprint density at radius 3 is 1.76 bits per heavy atom. The van der Waals surface area contributed by atoms with Crippen molar-refractivity contribution in [3.63, 3.8) is 0 Å². The molecule has 10 rings (SSSR count). The Morgan fingerprint density at radius 1 is 0.392 bits per heavy atom. The molecule has 0 amide bonds. The number of furan rings is 1. The summed E-state index contributed by atoms with van der Waals surface area (Å²) < 4.78 is 6.40. The lowest BCUT2D eigenvalue weighted by molar-refractivity contribution is 0.660. The summed E-state index contributed by atoms with van der Waals surface area (Å²) in [5.74, 6) is 0. The van der Waals surface area contributed by atoms with Gasteiger partial charge in [0.15, 0.2) is 0 Å². The van der Waals surface area contributed by atoms with Crippen LogP contribution >= 0.6 is 0 Å². The molecule has 9 aromatic rings. The highest BCUT2D eigenvalue weighted by atomic mass is 16.3. The molecule has 0 atom stereocenters. The molecule has 0 unspecified atom stereocenters. The molecule has 1 aliphatic carbocycles. The van der Waals surface area contributed by atoms with Gasteiger partial charge in [0.2, 0.25) is 0 Å². The van der Waals surface area contributed by atoms with Gasteiger partial charge in [-0.1, -0.05) is 141 Å². The number of hydrogen-bond donors (Lipinski definition) is 0. The van der Waals surface area contributed by atoms with Crippen LogP contribution in [0.1, 0.15) is 25.0 Å². The minimum absolute atomic E-state index is 0.0890. The van der Waals surface area contributed by atoms with E-state index in [1.165, 1.54) is 49.9 Å². The molecule has 51 heavy (non-hydrogen) atoms. The van der Waals surface area contributed by atoms with Gasteiger partial charge in [0.1, 0.15) is 11.2 Å². The summed E-state index contributed by atoms with van der Waals surface area (Å²) in [6.45, 7) is 4.69. The van der Waals surface area contributed by atoms with Gasteiger partial charge in [-0.2, -0.15) is 0 Å². The van der Waals surface area contributed by atoms with Gasteiger partial charge in [0, 0.05) is 38.6 Å². The van der Waals surface area contributed by atoms with E-state index >= 15 is 0 Å². The summed E-state index contributed by atoms with van der Waals surface area (Å²) in [6.07, 6.45) is 0. The van der Waals surface area contributed by atoms with Crippen LogP contribution in [0.2, 0.25) is 0 Å². The second-order valence-electron chi connectivity index (χ2n) is 14.1. The number of rotatable bonds is 5.